The third-order valence-corrected chi connectivity index (χ3v) is 5.21. The first-order valence-corrected chi connectivity index (χ1v) is 8.27. The normalized spacial score (nSPS) is 13.2. The summed E-state index contributed by atoms with van der Waals surface area (Å²) in [7, 11) is -4.08. The van der Waals surface area contributed by atoms with Crippen LogP contribution < -0.4 is 11.1 Å². The third-order valence-electron chi connectivity index (χ3n) is 3.12. The van der Waals surface area contributed by atoms with Crippen LogP contribution in [0.3, 0.4) is 0 Å². The summed E-state index contributed by atoms with van der Waals surface area (Å²) in [6.07, 6.45) is 0.745. The van der Waals surface area contributed by atoms with Crippen LogP contribution in [0.2, 0.25) is 0 Å². The number of rotatable bonds is 6. The molecule has 1 aromatic carbocycles. The maximum absolute atomic E-state index is 13.7. The van der Waals surface area contributed by atoms with E-state index < -0.39 is 31.7 Å². The fraction of sp³-hybridized carbons (Fsp3) is 0.500. The molecule has 0 saturated heterocycles. The van der Waals surface area contributed by atoms with Gasteiger partial charge in [0.15, 0.2) is 9.84 Å². The minimum atomic E-state index is -4.08. The van der Waals surface area contributed by atoms with Gasteiger partial charge < -0.3 is 11.1 Å². The Kier molecular flexibility index (Phi) is 5.71. The first-order valence-electron chi connectivity index (χ1n) is 6.73. The number of hydrogen-bond acceptors (Lipinski definition) is 4. The number of halogens is 1. The molecule has 0 saturated carbocycles. The van der Waals surface area contributed by atoms with Gasteiger partial charge in [-0.25, -0.2) is 12.8 Å². The Morgan fingerprint density at radius 2 is 1.95 bits per heavy atom. The topological polar surface area (TPSA) is 89.3 Å². The summed E-state index contributed by atoms with van der Waals surface area (Å²) in [5.41, 5.74) is 5.51. The molecular weight excluding hydrogens is 295 g/mol. The lowest BCUT2D eigenvalue weighted by Crippen LogP contribution is -2.38. The zero-order valence-electron chi connectivity index (χ0n) is 12.4. The molecule has 0 aliphatic heterocycles. The summed E-state index contributed by atoms with van der Waals surface area (Å²) in [5.74, 6) is -1.18. The number of nitrogen functional groups attached to an aromatic ring is 1. The third kappa shape index (κ3) is 4.42. The molecule has 21 heavy (non-hydrogen) atoms. The molecule has 118 valence electrons. The van der Waals surface area contributed by atoms with E-state index in [0.717, 1.165) is 18.6 Å². The van der Waals surface area contributed by atoms with Crippen LogP contribution in [0.25, 0.3) is 0 Å². The average molecular weight is 316 g/mol. The van der Waals surface area contributed by atoms with Gasteiger partial charge in [0.25, 0.3) is 0 Å². The van der Waals surface area contributed by atoms with E-state index in [9.17, 15) is 17.6 Å². The second-order valence-corrected chi connectivity index (χ2v) is 7.59. The van der Waals surface area contributed by atoms with Crippen molar-refractivity contribution in [3.63, 3.8) is 0 Å². The van der Waals surface area contributed by atoms with Gasteiger partial charge in [-0.2, -0.15) is 0 Å². The average Bonchev–Trinajstić information content (AvgIpc) is 2.36. The minimum absolute atomic E-state index is 0.125. The van der Waals surface area contributed by atoms with Gasteiger partial charge in [0, 0.05) is 12.2 Å². The molecule has 0 spiro atoms. The van der Waals surface area contributed by atoms with Gasteiger partial charge in [0.1, 0.15) is 16.0 Å². The zero-order chi connectivity index (χ0) is 16.2. The maximum Gasteiger partial charge on any atom is 0.238 e. The minimum Gasteiger partial charge on any atom is -0.399 e. The highest BCUT2D eigenvalue weighted by Crippen LogP contribution is 2.21. The van der Waals surface area contributed by atoms with Crippen molar-refractivity contribution in [3.05, 3.63) is 24.0 Å². The van der Waals surface area contributed by atoms with Crippen LogP contribution in [0.15, 0.2) is 23.1 Å². The lowest BCUT2D eigenvalue weighted by Gasteiger charge is -2.14. The molecule has 0 radical (unpaired) electrons. The summed E-state index contributed by atoms with van der Waals surface area (Å²) in [6.45, 7) is 5.63. The predicted octanol–water partition coefficient (Wildman–Crippen LogP) is 1.73. The van der Waals surface area contributed by atoms with Crippen molar-refractivity contribution in [2.75, 3.05) is 12.3 Å². The van der Waals surface area contributed by atoms with Crippen molar-refractivity contribution in [3.8, 4) is 0 Å². The Morgan fingerprint density at radius 1 is 1.33 bits per heavy atom. The van der Waals surface area contributed by atoms with Gasteiger partial charge in [-0.3, -0.25) is 4.79 Å². The van der Waals surface area contributed by atoms with Crippen molar-refractivity contribution in [2.24, 2.45) is 5.92 Å². The van der Waals surface area contributed by atoms with E-state index in [4.69, 9.17) is 5.73 Å². The summed E-state index contributed by atoms with van der Waals surface area (Å²) in [4.78, 5) is 11.4. The highest BCUT2D eigenvalue weighted by molar-refractivity contribution is 7.92. The fourth-order valence-electron chi connectivity index (χ4n) is 1.71. The molecule has 0 aromatic heterocycles. The van der Waals surface area contributed by atoms with Crippen LogP contribution in [0.4, 0.5) is 10.1 Å². The number of hydrogen-bond donors (Lipinski definition) is 2. The van der Waals surface area contributed by atoms with Crippen molar-refractivity contribution in [2.45, 2.75) is 37.3 Å². The molecule has 1 aromatic rings. The first-order chi connectivity index (χ1) is 9.66. The zero-order valence-corrected chi connectivity index (χ0v) is 13.2. The molecule has 0 bridgehead atoms. The molecule has 1 amide bonds. The lowest BCUT2D eigenvalue weighted by molar-refractivity contribution is -0.120. The first kappa shape index (κ1) is 17.4. The van der Waals surface area contributed by atoms with Crippen LogP contribution >= 0.6 is 0 Å². The van der Waals surface area contributed by atoms with Gasteiger partial charge in [-0.1, -0.05) is 13.8 Å². The van der Waals surface area contributed by atoms with E-state index >= 15 is 0 Å². The quantitative estimate of drug-likeness (QED) is 0.782. The van der Waals surface area contributed by atoms with Crippen LogP contribution in [0.5, 0.6) is 0 Å². The number of carbonyl (C=O) groups is 1. The van der Waals surface area contributed by atoms with Crippen molar-refractivity contribution in [1.82, 2.24) is 5.32 Å². The Morgan fingerprint density at radius 3 is 2.48 bits per heavy atom. The van der Waals surface area contributed by atoms with E-state index in [1.54, 1.807) is 0 Å². The Labute approximate surface area is 124 Å². The van der Waals surface area contributed by atoms with Crippen LogP contribution in [-0.4, -0.2) is 26.1 Å². The number of anilines is 1. The van der Waals surface area contributed by atoms with Gasteiger partial charge in [0.05, 0.1) is 0 Å². The molecule has 1 unspecified atom stereocenters. The highest BCUT2D eigenvalue weighted by Gasteiger charge is 2.31. The Hall–Kier alpha value is -1.63. The van der Waals surface area contributed by atoms with E-state index in [0.29, 0.717) is 12.5 Å². The number of benzene rings is 1. The number of carbonyl (C=O) groups excluding carboxylic acids is 1. The standard InChI is InChI=1S/C14H21FN2O3S/c1-9(2)6-7-17-14(18)10(3)21(19,20)13-5-4-11(16)8-12(13)15/h4-5,8-10H,6-7,16H2,1-3H3,(H,17,18). The molecule has 1 rings (SSSR count). The fourth-order valence-corrected chi connectivity index (χ4v) is 3.04. The smallest absolute Gasteiger partial charge is 0.238 e. The lowest BCUT2D eigenvalue weighted by atomic mass is 10.1. The van der Waals surface area contributed by atoms with Crippen LogP contribution in [0, 0.1) is 11.7 Å². The van der Waals surface area contributed by atoms with E-state index in [1.165, 1.54) is 13.0 Å². The summed E-state index contributed by atoms with van der Waals surface area (Å²) < 4.78 is 38.3. The van der Waals surface area contributed by atoms with Crippen LogP contribution in [0.1, 0.15) is 27.2 Å². The van der Waals surface area contributed by atoms with Crippen molar-refractivity contribution < 1.29 is 17.6 Å². The van der Waals surface area contributed by atoms with Crippen LogP contribution in [-0.2, 0) is 14.6 Å². The number of amides is 1. The van der Waals surface area contributed by atoms with Crippen molar-refractivity contribution in [1.29, 1.82) is 0 Å². The second-order valence-electron chi connectivity index (χ2n) is 5.35. The summed E-state index contributed by atoms with van der Waals surface area (Å²) in [5, 5.41) is 1.20. The highest BCUT2D eigenvalue weighted by atomic mass is 32.2. The number of sulfone groups is 1. The molecule has 0 heterocycles. The van der Waals surface area contributed by atoms with E-state index in [-0.39, 0.29) is 5.69 Å². The van der Waals surface area contributed by atoms with E-state index in [2.05, 4.69) is 5.32 Å². The van der Waals surface area contributed by atoms with Gasteiger partial charge in [0.2, 0.25) is 5.91 Å². The van der Waals surface area contributed by atoms with Gasteiger partial charge in [-0.05, 0) is 37.5 Å². The molecule has 0 aliphatic rings. The van der Waals surface area contributed by atoms with Gasteiger partial charge in [-0.15, -0.1) is 0 Å². The summed E-state index contributed by atoms with van der Waals surface area (Å²) >= 11 is 0. The van der Waals surface area contributed by atoms with Gasteiger partial charge >= 0.3 is 0 Å². The maximum atomic E-state index is 13.7. The molecule has 1 atom stereocenters. The number of nitrogens with one attached hydrogen (secondary N) is 1. The van der Waals surface area contributed by atoms with E-state index in [1.807, 2.05) is 13.8 Å². The number of nitrogens with two attached hydrogens (primary N) is 1. The molecular formula is C14H21FN2O3S. The SMILES string of the molecule is CC(C)CCNC(=O)C(C)S(=O)(=O)c1ccc(N)cc1F. The molecule has 0 aliphatic carbocycles. The summed E-state index contributed by atoms with van der Waals surface area (Å²) in [6, 6.07) is 3.30. The Balaban J connectivity index is 2.88. The largest absolute Gasteiger partial charge is 0.399 e. The molecule has 7 heteroatoms. The van der Waals surface area contributed by atoms with Crippen molar-refractivity contribution >= 4 is 21.4 Å². The molecule has 3 N–H and O–H groups in total. The Bertz CT molecular complexity index is 615. The second kappa shape index (κ2) is 6.89. The predicted molar refractivity (Wildman–Crippen MR) is 79.9 cm³/mol. The monoisotopic (exact) mass is 316 g/mol. The molecule has 0 fully saturated rings. The molecule has 5 nitrogen and oxygen atoms in total.